The van der Waals surface area contributed by atoms with Crippen molar-refractivity contribution in [1.82, 2.24) is 14.7 Å². The number of carbonyl (C=O) groups is 1. The summed E-state index contributed by atoms with van der Waals surface area (Å²) in [5, 5.41) is 12.9. The summed E-state index contributed by atoms with van der Waals surface area (Å²) in [6.07, 6.45) is 6.81. The number of piperidine rings is 1. The zero-order chi connectivity index (χ0) is 25.8. The molecule has 2 aromatic heterocycles. The van der Waals surface area contributed by atoms with E-state index in [1.807, 2.05) is 13.0 Å². The number of hydrogen-bond acceptors (Lipinski definition) is 10. The SMILES string of the molecule is COc1ccc(C(=O)Nc2cnc(SNCCO)cc2N2CCC3(CC2)CC3)nc1N1CCO[C@@H](C)C1. The summed E-state index contributed by atoms with van der Waals surface area (Å²) in [5.74, 6) is 0.992. The zero-order valence-electron chi connectivity index (χ0n) is 21.5. The van der Waals surface area contributed by atoms with Gasteiger partial charge in [-0.1, -0.05) is 0 Å². The first kappa shape index (κ1) is 26.0. The van der Waals surface area contributed by atoms with Gasteiger partial charge in [-0.3, -0.25) is 9.52 Å². The van der Waals surface area contributed by atoms with Gasteiger partial charge in [0.15, 0.2) is 11.6 Å². The van der Waals surface area contributed by atoms with Gasteiger partial charge in [-0.2, -0.15) is 0 Å². The summed E-state index contributed by atoms with van der Waals surface area (Å²) in [7, 11) is 1.61. The van der Waals surface area contributed by atoms with E-state index < -0.39 is 0 Å². The van der Waals surface area contributed by atoms with Crippen molar-refractivity contribution in [1.29, 1.82) is 0 Å². The number of ether oxygens (including phenoxy) is 2. The summed E-state index contributed by atoms with van der Waals surface area (Å²) in [6, 6.07) is 5.50. The lowest BCUT2D eigenvalue weighted by molar-refractivity contribution is 0.0527. The van der Waals surface area contributed by atoms with Crippen molar-refractivity contribution in [2.75, 3.05) is 68.2 Å². The van der Waals surface area contributed by atoms with Crippen LogP contribution in [0.3, 0.4) is 0 Å². The van der Waals surface area contributed by atoms with Crippen molar-refractivity contribution in [2.45, 2.75) is 43.7 Å². The molecule has 1 spiro atoms. The molecule has 0 unspecified atom stereocenters. The number of amides is 1. The molecule has 10 nitrogen and oxygen atoms in total. The van der Waals surface area contributed by atoms with Crippen LogP contribution in [-0.2, 0) is 4.74 Å². The first-order valence-corrected chi connectivity index (χ1v) is 13.8. The second-order valence-electron chi connectivity index (χ2n) is 10.1. The van der Waals surface area contributed by atoms with E-state index in [-0.39, 0.29) is 18.6 Å². The van der Waals surface area contributed by atoms with E-state index in [0.717, 1.165) is 23.8 Å². The van der Waals surface area contributed by atoms with E-state index in [1.165, 1.54) is 37.6 Å². The Kier molecular flexibility index (Phi) is 8.04. The Bertz CT molecular complexity index is 1100. The second-order valence-corrected chi connectivity index (χ2v) is 11.0. The number of aliphatic hydroxyl groups is 1. The van der Waals surface area contributed by atoms with Crippen molar-refractivity contribution in [3.05, 3.63) is 30.1 Å². The van der Waals surface area contributed by atoms with Crippen molar-refractivity contribution in [3.8, 4) is 5.75 Å². The number of aromatic nitrogens is 2. The van der Waals surface area contributed by atoms with Gasteiger partial charge >= 0.3 is 0 Å². The number of nitrogens with one attached hydrogen (secondary N) is 2. The van der Waals surface area contributed by atoms with Crippen LogP contribution in [0.25, 0.3) is 0 Å². The Morgan fingerprint density at radius 1 is 1.24 bits per heavy atom. The highest BCUT2D eigenvalue weighted by Crippen LogP contribution is 2.54. The molecule has 1 aliphatic carbocycles. The molecular formula is C26H36N6O4S. The number of pyridine rings is 2. The average molecular weight is 529 g/mol. The maximum absolute atomic E-state index is 13.4. The summed E-state index contributed by atoms with van der Waals surface area (Å²) in [4.78, 5) is 27.1. The third-order valence-corrected chi connectivity index (χ3v) is 8.23. The van der Waals surface area contributed by atoms with Gasteiger partial charge < -0.3 is 29.7 Å². The molecule has 0 bridgehead atoms. The van der Waals surface area contributed by atoms with Gasteiger partial charge in [-0.05, 0) is 68.2 Å². The van der Waals surface area contributed by atoms with E-state index >= 15 is 0 Å². The average Bonchev–Trinajstić information content (AvgIpc) is 3.68. The van der Waals surface area contributed by atoms with Crippen LogP contribution < -0.4 is 24.6 Å². The van der Waals surface area contributed by atoms with E-state index in [0.29, 0.717) is 54.6 Å². The number of morpholine rings is 1. The van der Waals surface area contributed by atoms with E-state index in [1.54, 1.807) is 25.4 Å². The molecule has 2 aliphatic heterocycles. The maximum atomic E-state index is 13.4. The van der Waals surface area contributed by atoms with Gasteiger partial charge in [0, 0.05) is 32.7 Å². The number of anilines is 3. The molecule has 5 rings (SSSR count). The van der Waals surface area contributed by atoms with Crippen LogP contribution >= 0.6 is 11.9 Å². The first-order chi connectivity index (χ1) is 18.0. The van der Waals surface area contributed by atoms with Crippen LogP contribution in [0.4, 0.5) is 17.2 Å². The van der Waals surface area contributed by atoms with Crippen molar-refractivity contribution >= 4 is 35.0 Å². The fraction of sp³-hybridized carbons (Fsp3) is 0.577. The largest absolute Gasteiger partial charge is 0.493 e. The highest BCUT2D eigenvalue weighted by molar-refractivity contribution is 7.97. The molecule has 3 fully saturated rings. The minimum absolute atomic E-state index is 0.0580. The third kappa shape index (κ3) is 6.11. The molecular weight excluding hydrogens is 492 g/mol. The number of methoxy groups -OCH3 is 1. The lowest BCUT2D eigenvalue weighted by Gasteiger charge is -2.35. The van der Waals surface area contributed by atoms with Crippen LogP contribution in [0.15, 0.2) is 29.4 Å². The lowest BCUT2D eigenvalue weighted by atomic mass is 9.93. The maximum Gasteiger partial charge on any atom is 0.274 e. The minimum atomic E-state index is -0.289. The van der Waals surface area contributed by atoms with Crippen LogP contribution in [0.5, 0.6) is 5.75 Å². The summed E-state index contributed by atoms with van der Waals surface area (Å²) < 4.78 is 14.3. The molecule has 0 radical (unpaired) electrons. The van der Waals surface area contributed by atoms with E-state index in [2.05, 4.69) is 24.8 Å². The minimum Gasteiger partial charge on any atom is -0.493 e. The van der Waals surface area contributed by atoms with Crippen molar-refractivity contribution in [2.24, 2.45) is 5.41 Å². The van der Waals surface area contributed by atoms with Gasteiger partial charge in [-0.15, -0.1) is 0 Å². The molecule has 1 amide bonds. The molecule has 3 N–H and O–H groups in total. The monoisotopic (exact) mass is 528 g/mol. The Hall–Kier alpha value is -2.60. The third-order valence-electron chi connectivity index (χ3n) is 7.45. The van der Waals surface area contributed by atoms with Crippen molar-refractivity contribution in [3.63, 3.8) is 0 Å². The fourth-order valence-corrected chi connectivity index (χ4v) is 5.67. The van der Waals surface area contributed by atoms with Gasteiger partial charge in [0.1, 0.15) is 10.7 Å². The van der Waals surface area contributed by atoms with E-state index in [4.69, 9.17) is 19.6 Å². The number of rotatable bonds is 9. The summed E-state index contributed by atoms with van der Waals surface area (Å²) in [5.41, 5.74) is 2.50. The Labute approximate surface area is 222 Å². The molecule has 37 heavy (non-hydrogen) atoms. The van der Waals surface area contributed by atoms with Crippen LogP contribution in [0.2, 0.25) is 0 Å². The van der Waals surface area contributed by atoms with Gasteiger partial charge in [0.2, 0.25) is 0 Å². The smallest absolute Gasteiger partial charge is 0.274 e. The molecule has 3 aliphatic rings. The normalized spacial score (nSPS) is 20.7. The highest BCUT2D eigenvalue weighted by Gasteiger charge is 2.44. The standard InChI is InChI=1S/C26H36N6O4S/c1-18-17-32(12-14-36-18)24-22(35-2)4-3-19(29-24)25(34)30-20-16-27-23(37-28-9-13-33)15-21(20)31-10-7-26(5-6-26)8-11-31/h3-4,15-16,18,28,33H,5-14,17H2,1-2H3,(H,30,34)/t18-/m0/s1. The number of carbonyl (C=O) groups excluding carboxylic acids is 1. The zero-order valence-corrected chi connectivity index (χ0v) is 22.4. The molecule has 2 aromatic rings. The predicted molar refractivity (Wildman–Crippen MR) is 145 cm³/mol. The molecule has 2 saturated heterocycles. The molecule has 1 saturated carbocycles. The van der Waals surface area contributed by atoms with E-state index in [9.17, 15) is 4.79 Å². The summed E-state index contributed by atoms with van der Waals surface area (Å²) in [6.45, 7) is 6.45. The summed E-state index contributed by atoms with van der Waals surface area (Å²) >= 11 is 1.38. The van der Waals surface area contributed by atoms with Gasteiger partial charge in [0.25, 0.3) is 5.91 Å². The molecule has 0 aromatic carbocycles. The lowest BCUT2D eigenvalue weighted by Crippen LogP contribution is -2.41. The van der Waals surface area contributed by atoms with Crippen LogP contribution in [0.1, 0.15) is 43.1 Å². The fourth-order valence-electron chi connectivity index (χ4n) is 5.05. The number of hydrogen-bond donors (Lipinski definition) is 3. The van der Waals surface area contributed by atoms with Gasteiger partial charge in [0.05, 0.1) is 44.0 Å². The second kappa shape index (κ2) is 11.4. The molecule has 1 atom stereocenters. The van der Waals surface area contributed by atoms with Crippen molar-refractivity contribution < 1.29 is 19.4 Å². The molecule has 4 heterocycles. The highest BCUT2D eigenvalue weighted by atomic mass is 32.2. The number of nitrogens with zero attached hydrogens (tertiary/aromatic N) is 4. The Balaban J connectivity index is 1.37. The predicted octanol–water partition coefficient (Wildman–Crippen LogP) is 2.93. The topological polar surface area (TPSA) is 112 Å². The molecule has 11 heteroatoms. The Morgan fingerprint density at radius 2 is 2.05 bits per heavy atom. The molecule has 200 valence electrons. The van der Waals surface area contributed by atoms with Crippen LogP contribution in [-0.4, -0.2) is 80.1 Å². The van der Waals surface area contributed by atoms with Crippen LogP contribution in [0, 0.1) is 5.41 Å². The Morgan fingerprint density at radius 3 is 2.76 bits per heavy atom. The van der Waals surface area contributed by atoms with Gasteiger partial charge in [-0.25, -0.2) is 9.97 Å². The number of aliphatic hydroxyl groups excluding tert-OH is 1. The first-order valence-electron chi connectivity index (χ1n) is 13.0. The quantitative estimate of drug-likeness (QED) is 0.332.